The highest BCUT2D eigenvalue weighted by molar-refractivity contribution is 5.77. The molecule has 2 fully saturated rings. The molecular formula is C20H25F6N3O6. The first kappa shape index (κ1) is 30.1. The first-order valence-electron chi connectivity index (χ1n) is 10.2. The number of pyridine rings is 1. The van der Waals surface area contributed by atoms with Gasteiger partial charge >= 0.3 is 24.3 Å². The van der Waals surface area contributed by atoms with Crippen LogP contribution in [0.15, 0.2) is 24.5 Å². The molecule has 3 heterocycles. The Morgan fingerprint density at radius 1 is 1.03 bits per heavy atom. The third-order valence-electron chi connectivity index (χ3n) is 5.16. The van der Waals surface area contributed by atoms with E-state index in [9.17, 15) is 31.1 Å². The van der Waals surface area contributed by atoms with E-state index in [1.807, 2.05) is 17.3 Å². The van der Waals surface area contributed by atoms with E-state index < -0.39 is 24.3 Å². The lowest BCUT2D eigenvalue weighted by molar-refractivity contribution is -0.193. The minimum atomic E-state index is -5.08. The van der Waals surface area contributed by atoms with Crippen molar-refractivity contribution in [1.82, 2.24) is 14.8 Å². The van der Waals surface area contributed by atoms with Crippen molar-refractivity contribution in [1.29, 1.82) is 0 Å². The van der Waals surface area contributed by atoms with Crippen molar-refractivity contribution < 1.29 is 55.7 Å². The summed E-state index contributed by atoms with van der Waals surface area (Å²) >= 11 is 0. The molecular weight excluding hydrogens is 492 g/mol. The number of ether oxygens (including phenoxy) is 1. The van der Waals surface area contributed by atoms with E-state index in [0.29, 0.717) is 31.0 Å². The molecule has 2 saturated heterocycles. The van der Waals surface area contributed by atoms with Crippen LogP contribution in [0.1, 0.15) is 24.8 Å². The molecule has 3 rings (SSSR count). The highest BCUT2D eigenvalue weighted by atomic mass is 19.4. The van der Waals surface area contributed by atoms with E-state index in [1.165, 1.54) is 5.56 Å². The molecule has 0 aliphatic carbocycles. The predicted molar refractivity (Wildman–Crippen MR) is 107 cm³/mol. The summed E-state index contributed by atoms with van der Waals surface area (Å²) in [4.78, 5) is 38.6. The number of likely N-dealkylation sites (tertiary alicyclic amines) is 2. The van der Waals surface area contributed by atoms with E-state index in [0.717, 1.165) is 32.5 Å². The highest BCUT2D eigenvalue weighted by Crippen LogP contribution is 2.32. The molecule has 2 atom stereocenters. The van der Waals surface area contributed by atoms with Crippen LogP contribution >= 0.6 is 0 Å². The Kier molecular flexibility index (Phi) is 11.4. The number of hydrogen-bond donors (Lipinski definition) is 2. The molecule has 15 heteroatoms. The van der Waals surface area contributed by atoms with Gasteiger partial charge in [-0.05, 0) is 30.5 Å². The Morgan fingerprint density at radius 3 is 2.00 bits per heavy atom. The van der Waals surface area contributed by atoms with E-state index in [2.05, 4.69) is 22.0 Å². The number of aliphatic carboxylic acids is 2. The van der Waals surface area contributed by atoms with Gasteiger partial charge in [-0.2, -0.15) is 26.3 Å². The zero-order chi connectivity index (χ0) is 26.8. The van der Waals surface area contributed by atoms with Gasteiger partial charge in [0.25, 0.3) is 0 Å². The van der Waals surface area contributed by atoms with E-state index in [-0.39, 0.29) is 0 Å². The van der Waals surface area contributed by atoms with Gasteiger partial charge in [0.1, 0.15) is 0 Å². The summed E-state index contributed by atoms with van der Waals surface area (Å²) in [5.74, 6) is -5.22. The number of amides is 1. The minimum absolute atomic E-state index is 0.291. The molecule has 2 aliphatic rings. The number of nitrogens with zero attached hydrogens (tertiary/aromatic N) is 3. The van der Waals surface area contributed by atoms with Gasteiger partial charge < -0.3 is 19.8 Å². The number of hydrogen-bond acceptors (Lipinski definition) is 6. The molecule has 2 aliphatic heterocycles. The van der Waals surface area contributed by atoms with Crippen molar-refractivity contribution in [2.45, 2.75) is 50.2 Å². The van der Waals surface area contributed by atoms with Crippen LogP contribution in [0.3, 0.4) is 0 Å². The molecule has 1 aromatic rings. The number of halogens is 6. The molecule has 1 amide bonds. The van der Waals surface area contributed by atoms with E-state index in [1.54, 1.807) is 7.11 Å². The van der Waals surface area contributed by atoms with Crippen molar-refractivity contribution in [2.24, 2.45) is 0 Å². The predicted octanol–water partition coefficient (Wildman–Crippen LogP) is 2.56. The third-order valence-corrected chi connectivity index (χ3v) is 5.16. The summed E-state index contributed by atoms with van der Waals surface area (Å²) in [6.07, 6.45) is -3.75. The van der Waals surface area contributed by atoms with Crippen LogP contribution in [0.25, 0.3) is 0 Å². The van der Waals surface area contributed by atoms with Crippen molar-refractivity contribution in [2.75, 3.05) is 26.8 Å². The normalized spacial score (nSPS) is 20.2. The van der Waals surface area contributed by atoms with Crippen LogP contribution in [-0.2, 0) is 25.7 Å². The SMILES string of the molecule is COCCN1C(=O)CC[C@@H]2[C@H]1CCN2Cc1ccncc1.O=C(O)C(F)(F)F.O=C(O)C(F)(F)F. The quantitative estimate of drug-likeness (QED) is 0.572. The molecule has 0 saturated carbocycles. The standard InChI is InChI=1S/C16H23N3O2.2C2HF3O2/c1-21-11-10-19-15-6-9-18(14(15)2-3-16(19)20)12-13-4-7-17-8-5-13;2*3-2(4,5)1(6)7/h4-5,7-8,14-15H,2-3,6,9-12H2,1H3;2*(H,6,7)/t14-,15-;;/m1../s1. The molecule has 0 bridgehead atoms. The van der Waals surface area contributed by atoms with E-state index in [4.69, 9.17) is 24.5 Å². The Bertz CT molecular complexity index is 813. The number of methoxy groups -OCH3 is 1. The maximum atomic E-state index is 12.2. The molecule has 0 unspecified atom stereocenters. The summed E-state index contributed by atoms with van der Waals surface area (Å²) in [5.41, 5.74) is 1.30. The van der Waals surface area contributed by atoms with E-state index >= 15 is 0 Å². The summed E-state index contributed by atoms with van der Waals surface area (Å²) in [5, 5.41) is 14.2. The molecule has 1 aromatic heterocycles. The lowest BCUT2D eigenvalue weighted by atomic mass is 9.96. The lowest BCUT2D eigenvalue weighted by Gasteiger charge is -2.39. The zero-order valence-electron chi connectivity index (χ0n) is 18.6. The number of piperidine rings is 1. The van der Waals surface area contributed by atoms with Gasteiger partial charge in [-0.3, -0.25) is 14.7 Å². The summed E-state index contributed by atoms with van der Waals surface area (Å²) < 4.78 is 68.6. The van der Waals surface area contributed by atoms with Crippen molar-refractivity contribution >= 4 is 17.8 Å². The maximum absolute atomic E-state index is 12.2. The number of carbonyl (C=O) groups excluding carboxylic acids is 1. The first-order valence-corrected chi connectivity index (χ1v) is 10.2. The van der Waals surface area contributed by atoms with Gasteiger partial charge in [-0.1, -0.05) is 0 Å². The number of rotatable bonds is 5. The Hall–Kier alpha value is -2.94. The second kappa shape index (κ2) is 13.2. The van der Waals surface area contributed by atoms with Crippen molar-refractivity contribution in [3.8, 4) is 0 Å². The van der Waals surface area contributed by atoms with Crippen LogP contribution in [0.5, 0.6) is 0 Å². The average Bonchev–Trinajstić information content (AvgIpc) is 3.16. The fourth-order valence-corrected chi connectivity index (χ4v) is 3.64. The zero-order valence-corrected chi connectivity index (χ0v) is 18.6. The fourth-order valence-electron chi connectivity index (χ4n) is 3.64. The summed E-state index contributed by atoms with van der Waals surface area (Å²) in [6.45, 7) is 3.36. The van der Waals surface area contributed by atoms with Crippen LogP contribution < -0.4 is 0 Å². The summed E-state index contributed by atoms with van der Waals surface area (Å²) in [7, 11) is 1.69. The first-order chi connectivity index (χ1) is 16.2. The maximum Gasteiger partial charge on any atom is 0.490 e. The van der Waals surface area contributed by atoms with Crippen LogP contribution in [0.2, 0.25) is 0 Å². The second-order valence-corrected chi connectivity index (χ2v) is 7.47. The Labute approximate surface area is 196 Å². The highest BCUT2D eigenvalue weighted by Gasteiger charge is 2.42. The van der Waals surface area contributed by atoms with Gasteiger partial charge in [0.2, 0.25) is 5.91 Å². The summed E-state index contributed by atoms with van der Waals surface area (Å²) in [6, 6.07) is 5.00. The molecule has 0 radical (unpaired) electrons. The number of fused-ring (bicyclic) bond motifs is 1. The van der Waals surface area contributed by atoms with Crippen LogP contribution in [0, 0.1) is 0 Å². The molecule has 2 N–H and O–H groups in total. The lowest BCUT2D eigenvalue weighted by Crippen LogP contribution is -2.52. The second-order valence-electron chi connectivity index (χ2n) is 7.47. The average molecular weight is 517 g/mol. The van der Waals surface area contributed by atoms with Gasteiger partial charge in [0.05, 0.1) is 6.61 Å². The number of carboxylic acid groups (broad SMARTS) is 2. The Morgan fingerprint density at radius 2 is 1.54 bits per heavy atom. The van der Waals surface area contributed by atoms with Gasteiger partial charge in [0.15, 0.2) is 0 Å². The van der Waals surface area contributed by atoms with Gasteiger partial charge in [0, 0.05) is 57.6 Å². The van der Waals surface area contributed by atoms with Crippen molar-refractivity contribution in [3.05, 3.63) is 30.1 Å². The Balaban J connectivity index is 0.000000362. The fraction of sp³-hybridized carbons (Fsp3) is 0.600. The number of carboxylic acids is 2. The van der Waals surface area contributed by atoms with Gasteiger partial charge in [-0.15, -0.1) is 0 Å². The minimum Gasteiger partial charge on any atom is -0.475 e. The smallest absolute Gasteiger partial charge is 0.475 e. The molecule has 0 aromatic carbocycles. The number of aromatic nitrogens is 1. The topological polar surface area (TPSA) is 120 Å². The number of carbonyl (C=O) groups is 3. The largest absolute Gasteiger partial charge is 0.490 e. The molecule has 198 valence electrons. The van der Waals surface area contributed by atoms with Crippen LogP contribution in [0.4, 0.5) is 26.3 Å². The van der Waals surface area contributed by atoms with Crippen LogP contribution in [-0.4, -0.2) is 94.1 Å². The number of alkyl halides is 6. The molecule has 35 heavy (non-hydrogen) atoms. The monoisotopic (exact) mass is 517 g/mol. The molecule has 9 nitrogen and oxygen atoms in total. The third kappa shape index (κ3) is 10.1. The van der Waals surface area contributed by atoms with Crippen molar-refractivity contribution in [3.63, 3.8) is 0 Å². The molecule has 0 spiro atoms. The van der Waals surface area contributed by atoms with Gasteiger partial charge in [-0.25, -0.2) is 9.59 Å².